The van der Waals surface area contributed by atoms with Crippen LogP contribution in [0, 0.1) is 6.92 Å². The van der Waals surface area contributed by atoms with Gasteiger partial charge in [-0.3, -0.25) is 4.68 Å². The van der Waals surface area contributed by atoms with E-state index in [2.05, 4.69) is 20.4 Å². The van der Waals surface area contributed by atoms with Crippen LogP contribution in [0.3, 0.4) is 0 Å². The van der Waals surface area contributed by atoms with Gasteiger partial charge in [-0.05, 0) is 24.6 Å². The third-order valence-corrected chi connectivity index (χ3v) is 3.44. The zero-order chi connectivity index (χ0) is 17.1. The maximum Gasteiger partial charge on any atom is 0.272 e. The summed E-state index contributed by atoms with van der Waals surface area (Å²) in [4.78, 5) is 8.77. The normalized spacial score (nSPS) is 11.2. The molecule has 0 spiro atoms. The molecular weight excluding hydrogens is 316 g/mol. The number of aryl methyl sites for hydroxylation is 2. The molecule has 3 rings (SSSR count). The Morgan fingerprint density at radius 1 is 1.29 bits per heavy atom. The minimum atomic E-state index is -2.49. The maximum absolute atomic E-state index is 12.2. The number of nitrogens with one attached hydrogen (secondary N) is 1. The minimum Gasteiger partial charge on any atom is -0.488 e. The van der Waals surface area contributed by atoms with E-state index in [0.29, 0.717) is 23.9 Å². The summed E-state index contributed by atoms with van der Waals surface area (Å²) in [7, 11) is 1.82. The second-order valence-corrected chi connectivity index (χ2v) is 5.33. The number of hydrogen-bond acceptors (Lipinski definition) is 5. The topological polar surface area (TPSA) is 64.9 Å². The van der Waals surface area contributed by atoms with Crippen LogP contribution in [0.5, 0.6) is 5.75 Å². The Bertz CT molecular complexity index is 850. The molecule has 0 radical (unpaired) electrons. The number of anilines is 1. The van der Waals surface area contributed by atoms with Crippen LogP contribution >= 0.6 is 0 Å². The first kappa shape index (κ1) is 16.1. The third kappa shape index (κ3) is 3.58. The van der Waals surface area contributed by atoms with Gasteiger partial charge in [-0.1, -0.05) is 12.1 Å². The lowest BCUT2D eigenvalue weighted by Gasteiger charge is -2.10. The van der Waals surface area contributed by atoms with Gasteiger partial charge in [0, 0.05) is 13.6 Å². The Labute approximate surface area is 137 Å². The number of rotatable bonds is 6. The van der Waals surface area contributed by atoms with E-state index in [1.54, 1.807) is 29.1 Å². The summed E-state index contributed by atoms with van der Waals surface area (Å²) in [5, 5.41) is 8.26. The highest BCUT2D eigenvalue weighted by Crippen LogP contribution is 2.21. The molecule has 0 amide bonds. The van der Waals surface area contributed by atoms with Gasteiger partial charge in [-0.25, -0.2) is 18.7 Å². The highest BCUT2D eigenvalue weighted by molar-refractivity contribution is 5.86. The number of ether oxygens (including phenoxy) is 1. The van der Waals surface area contributed by atoms with E-state index in [-0.39, 0.29) is 0 Å². The Kier molecular flexibility index (Phi) is 4.54. The predicted octanol–water partition coefficient (Wildman–Crippen LogP) is 2.93. The second-order valence-electron chi connectivity index (χ2n) is 5.33. The van der Waals surface area contributed by atoms with Crippen LogP contribution in [0.15, 0.2) is 30.5 Å². The predicted molar refractivity (Wildman–Crippen MR) is 86.3 cm³/mol. The second kappa shape index (κ2) is 6.77. The number of aromatic nitrogens is 4. The van der Waals surface area contributed by atoms with Gasteiger partial charge in [-0.2, -0.15) is 5.10 Å². The number of benzene rings is 1. The summed E-state index contributed by atoms with van der Waals surface area (Å²) in [5.41, 5.74) is 1.65. The van der Waals surface area contributed by atoms with Crippen LogP contribution in [0.25, 0.3) is 11.0 Å². The number of hydrogen-bond donors (Lipinski definition) is 1. The zero-order valence-corrected chi connectivity index (χ0v) is 13.3. The van der Waals surface area contributed by atoms with Crippen LogP contribution < -0.4 is 10.1 Å². The highest BCUT2D eigenvalue weighted by atomic mass is 19.3. The molecule has 24 heavy (non-hydrogen) atoms. The molecule has 6 nitrogen and oxygen atoms in total. The lowest BCUT2D eigenvalue weighted by molar-refractivity contribution is 0.0818. The van der Waals surface area contributed by atoms with Crippen molar-refractivity contribution in [1.82, 2.24) is 19.7 Å². The standard InChI is InChI=1S/C16H17F2N5O/c1-10-21-15(13-8-20-23(2)16(13)22-10)19-7-11-4-3-5-12(6-11)24-9-14(17)18/h3-6,8,14H,7,9H2,1-2H3,(H,19,21,22). The Hall–Kier alpha value is -2.77. The zero-order valence-electron chi connectivity index (χ0n) is 13.3. The van der Waals surface area contributed by atoms with Crippen molar-refractivity contribution < 1.29 is 13.5 Å². The van der Waals surface area contributed by atoms with Gasteiger partial charge in [0.25, 0.3) is 6.43 Å². The molecule has 0 aliphatic carbocycles. The van der Waals surface area contributed by atoms with E-state index >= 15 is 0 Å². The first-order chi connectivity index (χ1) is 11.5. The van der Waals surface area contributed by atoms with Crippen molar-refractivity contribution in [3.63, 3.8) is 0 Å². The van der Waals surface area contributed by atoms with Gasteiger partial charge in [0.2, 0.25) is 0 Å². The summed E-state index contributed by atoms with van der Waals surface area (Å²) < 4.78 is 31.2. The van der Waals surface area contributed by atoms with Gasteiger partial charge < -0.3 is 10.1 Å². The van der Waals surface area contributed by atoms with E-state index in [1.165, 1.54) is 0 Å². The first-order valence-corrected chi connectivity index (χ1v) is 7.43. The monoisotopic (exact) mass is 333 g/mol. The molecule has 126 valence electrons. The molecule has 2 aromatic heterocycles. The average Bonchev–Trinajstić information content (AvgIpc) is 2.92. The van der Waals surface area contributed by atoms with Crippen molar-refractivity contribution in [3.8, 4) is 5.75 Å². The molecule has 0 unspecified atom stereocenters. The van der Waals surface area contributed by atoms with Crippen molar-refractivity contribution in [2.75, 3.05) is 11.9 Å². The maximum atomic E-state index is 12.2. The van der Waals surface area contributed by atoms with Crippen LogP contribution in [0.4, 0.5) is 14.6 Å². The van der Waals surface area contributed by atoms with Crippen LogP contribution in [0.1, 0.15) is 11.4 Å². The fourth-order valence-electron chi connectivity index (χ4n) is 2.36. The van der Waals surface area contributed by atoms with E-state index in [1.807, 2.05) is 20.0 Å². The molecule has 3 aromatic rings. The fourth-order valence-corrected chi connectivity index (χ4v) is 2.36. The van der Waals surface area contributed by atoms with E-state index in [4.69, 9.17) is 4.74 Å². The van der Waals surface area contributed by atoms with Crippen molar-refractivity contribution in [3.05, 3.63) is 41.9 Å². The van der Waals surface area contributed by atoms with Crippen LogP contribution in [-0.4, -0.2) is 32.8 Å². The first-order valence-electron chi connectivity index (χ1n) is 7.43. The number of fused-ring (bicyclic) bond motifs is 1. The van der Waals surface area contributed by atoms with Gasteiger partial charge in [-0.15, -0.1) is 0 Å². The van der Waals surface area contributed by atoms with Gasteiger partial charge >= 0.3 is 0 Å². The molecule has 0 atom stereocenters. The Balaban J connectivity index is 1.75. The quantitative estimate of drug-likeness (QED) is 0.751. The lowest BCUT2D eigenvalue weighted by Crippen LogP contribution is -2.08. The molecule has 2 heterocycles. The van der Waals surface area contributed by atoms with Gasteiger partial charge in [0.05, 0.1) is 11.6 Å². The van der Waals surface area contributed by atoms with E-state index in [9.17, 15) is 8.78 Å². The highest BCUT2D eigenvalue weighted by Gasteiger charge is 2.10. The summed E-state index contributed by atoms with van der Waals surface area (Å²) in [6, 6.07) is 7.03. The molecule has 0 saturated heterocycles. The molecule has 0 aliphatic rings. The minimum absolute atomic E-state index is 0.417. The summed E-state index contributed by atoms with van der Waals surface area (Å²) in [6.07, 6.45) is -0.783. The van der Waals surface area contributed by atoms with Crippen LogP contribution in [-0.2, 0) is 13.6 Å². The number of halogens is 2. The van der Waals surface area contributed by atoms with Gasteiger partial charge in [0.1, 0.15) is 24.0 Å². The van der Waals surface area contributed by atoms with E-state index in [0.717, 1.165) is 16.6 Å². The molecule has 0 bridgehead atoms. The Morgan fingerprint density at radius 3 is 2.92 bits per heavy atom. The van der Waals surface area contributed by atoms with Crippen LogP contribution in [0.2, 0.25) is 0 Å². The van der Waals surface area contributed by atoms with Gasteiger partial charge in [0.15, 0.2) is 5.65 Å². The third-order valence-electron chi connectivity index (χ3n) is 3.44. The van der Waals surface area contributed by atoms with Crippen molar-refractivity contribution >= 4 is 16.9 Å². The number of alkyl halides is 2. The van der Waals surface area contributed by atoms with Crippen molar-refractivity contribution in [2.24, 2.45) is 7.05 Å². The molecule has 1 N–H and O–H groups in total. The SMILES string of the molecule is Cc1nc(NCc2cccc(OCC(F)F)c2)c2cnn(C)c2n1. The lowest BCUT2D eigenvalue weighted by atomic mass is 10.2. The number of nitrogens with zero attached hydrogens (tertiary/aromatic N) is 4. The Morgan fingerprint density at radius 2 is 2.12 bits per heavy atom. The summed E-state index contributed by atoms with van der Waals surface area (Å²) in [5.74, 6) is 1.74. The molecule has 0 saturated carbocycles. The summed E-state index contributed by atoms with van der Waals surface area (Å²) in [6.45, 7) is 1.68. The smallest absolute Gasteiger partial charge is 0.272 e. The van der Waals surface area contributed by atoms with E-state index < -0.39 is 13.0 Å². The molecule has 1 aromatic carbocycles. The summed E-state index contributed by atoms with van der Waals surface area (Å²) >= 11 is 0. The molecule has 0 fully saturated rings. The molecule has 0 aliphatic heterocycles. The van der Waals surface area contributed by atoms with Crippen molar-refractivity contribution in [1.29, 1.82) is 0 Å². The molecular formula is C16H17F2N5O. The van der Waals surface area contributed by atoms with Crippen molar-refractivity contribution in [2.45, 2.75) is 19.9 Å². The molecule has 8 heteroatoms. The average molecular weight is 333 g/mol. The largest absolute Gasteiger partial charge is 0.488 e. The fraction of sp³-hybridized carbons (Fsp3) is 0.312.